The summed E-state index contributed by atoms with van der Waals surface area (Å²) in [5.41, 5.74) is 1.19. The molecule has 0 aromatic heterocycles. The molecule has 1 aliphatic carbocycles. The van der Waals surface area contributed by atoms with Crippen molar-refractivity contribution in [1.82, 2.24) is 5.32 Å². The highest BCUT2D eigenvalue weighted by molar-refractivity contribution is 5.44. The van der Waals surface area contributed by atoms with Crippen LogP contribution in [0.4, 0.5) is 0 Å². The van der Waals surface area contributed by atoms with Gasteiger partial charge in [-0.15, -0.1) is 0 Å². The van der Waals surface area contributed by atoms with Gasteiger partial charge in [-0.25, -0.2) is 0 Å². The Labute approximate surface area is 119 Å². The van der Waals surface area contributed by atoms with E-state index in [0.29, 0.717) is 6.10 Å². The lowest BCUT2D eigenvalue weighted by atomic mass is 10.1. The van der Waals surface area contributed by atoms with E-state index in [9.17, 15) is 0 Å². The molecule has 0 spiro atoms. The van der Waals surface area contributed by atoms with E-state index in [1.54, 1.807) is 0 Å². The highest BCUT2D eigenvalue weighted by atomic mass is 16.5. The molecular formula is C16H21NO3. The van der Waals surface area contributed by atoms with Crippen molar-refractivity contribution < 1.29 is 14.2 Å². The van der Waals surface area contributed by atoms with E-state index in [4.69, 9.17) is 14.2 Å². The lowest BCUT2D eigenvalue weighted by Gasteiger charge is -2.31. The summed E-state index contributed by atoms with van der Waals surface area (Å²) in [6, 6.07) is 6.21. The molecule has 1 saturated carbocycles. The Morgan fingerprint density at radius 2 is 1.85 bits per heavy atom. The molecule has 2 atom stereocenters. The van der Waals surface area contributed by atoms with Crippen molar-refractivity contribution in [2.24, 2.45) is 5.92 Å². The Bertz CT molecular complexity index is 487. The first-order valence-electron chi connectivity index (χ1n) is 7.66. The molecule has 0 radical (unpaired) electrons. The SMILES string of the molecule is c1cc2c(cc1C1CNCC(C3CC3)O1)OCCCO2. The fraction of sp³-hybridized carbons (Fsp3) is 0.625. The van der Waals surface area contributed by atoms with Gasteiger partial charge in [-0.2, -0.15) is 0 Å². The molecule has 1 N–H and O–H groups in total. The van der Waals surface area contributed by atoms with Crippen molar-refractivity contribution >= 4 is 0 Å². The van der Waals surface area contributed by atoms with Crippen molar-refractivity contribution in [2.75, 3.05) is 26.3 Å². The van der Waals surface area contributed by atoms with Gasteiger partial charge in [0.15, 0.2) is 11.5 Å². The summed E-state index contributed by atoms with van der Waals surface area (Å²) < 4.78 is 17.7. The second-order valence-corrected chi connectivity index (χ2v) is 5.92. The molecule has 2 fully saturated rings. The van der Waals surface area contributed by atoms with E-state index in [-0.39, 0.29) is 6.10 Å². The van der Waals surface area contributed by atoms with Crippen LogP contribution in [0, 0.1) is 5.92 Å². The second-order valence-electron chi connectivity index (χ2n) is 5.92. The zero-order valence-electron chi connectivity index (χ0n) is 11.6. The summed E-state index contributed by atoms with van der Waals surface area (Å²) in [4.78, 5) is 0. The first kappa shape index (κ1) is 12.5. The Kier molecular flexibility index (Phi) is 3.28. The maximum absolute atomic E-state index is 6.26. The predicted octanol–water partition coefficient (Wildman–Crippen LogP) is 2.29. The number of ether oxygens (including phenoxy) is 3. The summed E-state index contributed by atoms with van der Waals surface area (Å²) >= 11 is 0. The first-order chi connectivity index (χ1) is 9.90. The van der Waals surface area contributed by atoms with Crippen molar-refractivity contribution in [3.63, 3.8) is 0 Å². The molecular weight excluding hydrogens is 254 g/mol. The molecule has 4 rings (SSSR count). The lowest BCUT2D eigenvalue weighted by Crippen LogP contribution is -2.41. The van der Waals surface area contributed by atoms with Gasteiger partial charge in [-0.05, 0) is 36.5 Å². The maximum Gasteiger partial charge on any atom is 0.161 e. The van der Waals surface area contributed by atoms with E-state index in [0.717, 1.165) is 50.1 Å². The van der Waals surface area contributed by atoms with E-state index in [1.165, 1.54) is 18.4 Å². The number of hydrogen-bond donors (Lipinski definition) is 1. The minimum absolute atomic E-state index is 0.131. The molecule has 4 heteroatoms. The van der Waals surface area contributed by atoms with E-state index < -0.39 is 0 Å². The monoisotopic (exact) mass is 275 g/mol. The molecule has 20 heavy (non-hydrogen) atoms. The maximum atomic E-state index is 6.26. The van der Waals surface area contributed by atoms with E-state index >= 15 is 0 Å². The topological polar surface area (TPSA) is 39.7 Å². The van der Waals surface area contributed by atoms with Gasteiger partial charge in [-0.1, -0.05) is 6.07 Å². The van der Waals surface area contributed by atoms with Gasteiger partial charge < -0.3 is 19.5 Å². The number of rotatable bonds is 2. The van der Waals surface area contributed by atoms with Crippen LogP contribution in [0.2, 0.25) is 0 Å². The van der Waals surface area contributed by atoms with Crippen LogP contribution in [0.3, 0.4) is 0 Å². The van der Waals surface area contributed by atoms with Crippen LogP contribution in [0.25, 0.3) is 0 Å². The van der Waals surface area contributed by atoms with Crippen LogP contribution >= 0.6 is 0 Å². The lowest BCUT2D eigenvalue weighted by molar-refractivity contribution is -0.0494. The molecule has 0 bridgehead atoms. The first-order valence-corrected chi connectivity index (χ1v) is 7.66. The summed E-state index contributed by atoms with van der Waals surface area (Å²) in [5.74, 6) is 2.48. The van der Waals surface area contributed by atoms with Crippen molar-refractivity contribution in [1.29, 1.82) is 0 Å². The normalized spacial score (nSPS) is 29.8. The van der Waals surface area contributed by atoms with Gasteiger partial charge >= 0.3 is 0 Å². The van der Waals surface area contributed by atoms with Gasteiger partial charge in [0, 0.05) is 19.5 Å². The molecule has 1 saturated heterocycles. The average molecular weight is 275 g/mol. The van der Waals surface area contributed by atoms with Gasteiger partial charge in [0.2, 0.25) is 0 Å². The minimum atomic E-state index is 0.131. The average Bonchev–Trinajstić information content (AvgIpc) is 3.33. The van der Waals surface area contributed by atoms with E-state index in [1.807, 2.05) is 6.07 Å². The van der Waals surface area contributed by atoms with Crippen molar-refractivity contribution in [3.05, 3.63) is 23.8 Å². The highest BCUT2D eigenvalue weighted by Crippen LogP contribution is 2.39. The third-order valence-electron chi connectivity index (χ3n) is 4.31. The molecule has 108 valence electrons. The largest absolute Gasteiger partial charge is 0.490 e. The standard InChI is InChI=1S/C16H21NO3/c1-6-18-13-5-4-12(8-14(13)19-7-1)16-10-17-9-15(20-16)11-2-3-11/h4-5,8,11,15-17H,1-3,6-7,9-10H2. The zero-order chi connectivity index (χ0) is 13.4. The van der Waals surface area contributed by atoms with Crippen LogP contribution in [0.5, 0.6) is 11.5 Å². The fourth-order valence-electron chi connectivity index (χ4n) is 2.99. The van der Waals surface area contributed by atoms with Crippen LogP contribution in [0.1, 0.15) is 30.9 Å². The van der Waals surface area contributed by atoms with Gasteiger partial charge in [-0.3, -0.25) is 0 Å². The fourth-order valence-corrected chi connectivity index (χ4v) is 2.99. The summed E-state index contributed by atoms with van der Waals surface area (Å²) in [6.45, 7) is 3.33. The van der Waals surface area contributed by atoms with E-state index in [2.05, 4.69) is 17.4 Å². The number of hydrogen-bond acceptors (Lipinski definition) is 4. The summed E-state index contributed by atoms with van der Waals surface area (Å²) in [6.07, 6.45) is 4.09. The van der Waals surface area contributed by atoms with Gasteiger partial charge in [0.1, 0.15) is 0 Å². The predicted molar refractivity (Wildman–Crippen MR) is 75.3 cm³/mol. The summed E-state index contributed by atoms with van der Waals surface area (Å²) in [7, 11) is 0. The smallest absolute Gasteiger partial charge is 0.161 e. The highest BCUT2D eigenvalue weighted by Gasteiger charge is 2.36. The Morgan fingerprint density at radius 3 is 2.70 bits per heavy atom. The zero-order valence-corrected chi connectivity index (χ0v) is 11.6. The molecule has 2 aliphatic heterocycles. The van der Waals surface area contributed by atoms with Crippen LogP contribution < -0.4 is 14.8 Å². The Balaban J connectivity index is 1.53. The number of benzene rings is 1. The van der Waals surface area contributed by atoms with Crippen molar-refractivity contribution in [2.45, 2.75) is 31.5 Å². The Hall–Kier alpha value is -1.26. The molecule has 1 aromatic rings. The molecule has 2 heterocycles. The van der Waals surface area contributed by atoms with Gasteiger partial charge in [0.05, 0.1) is 25.4 Å². The number of fused-ring (bicyclic) bond motifs is 1. The molecule has 0 amide bonds. The van der Waals surface area contributed by atoms with Crippen LogP contribution in [-0.4, -0.2) is 32.4 Å². The number of morpholine rings is 1. The third kappa shape index (κ3) is 2.50. The van der Waals surface area contributed by atoms with Crippen LogP contribution in [-0.2, 0) is 4.74 Å². The molecule has 3 aliphatic rings. The molecule has 4 nitrogen and oxygen atoms in total. The number of nitrogens with one attached hydrogen (secondary N) is 1. The van der Waals surface area contributed by atoms with Crippen molar-refractivity contribution in [3.8, 4) is 11.5 Å². The second kappa shape index (κ2) is 5.26. The van der Waals surface area contributed by atoms with Gasteiger partial charge in [0.25, 0.3) is 0 Å². The molecule has 2 unspecified atom stereocenters. The minimum Gasteiger partial charge on any atom is -0.490 e. The molecule has 1 aromatic carbocycles. The van der Waals surface area contributed by atoms with Crippen LogP contribution in [0.15, 0.2) is 18.2 Å². The quantitative estimate of drug-likeness (QED) is 0.899. The Morgan fingerprint density at radius 1 is 1.00 bits per heavy atom. The summed E-state index contributed by atoms with van der Waals surface area (Å²) in [5, 5.41) is 3.50. The third-order valence-corrected chi connectivity index (χ3v) is 4.31.